The Labute approximate surface area is 164 Å². The molecule has 2 atom stereocenters. The van der Waals surface area contributed by atoms with Crippen LogP contribution in [-0.4, -0.2) is 35.3 Å². The topological polar surface area (TPSA) is 114 Å². The van der Waals surface area contributed by atoms with E-state index < -0.39 is 35.3 Å². The Balaban J connectivity index is 0. The SMILES string of the molecule is O=C1C(=O)C(=O)C([O-])C([O-])C1=O.[K+].[K+]. The third-order valence-electron chi connectivity index (χ3n) is 1.45. The third-order valence-corrected chi connectivity index (χ3v) is 1.45. The standard InChI is InChI=1S/C6H2O6.2K/c7-1-2(8)4(10)6(12)5(11)3(1)9;;/h1-2H;;/q-2;2*+1. The van der Waals surface area contributed by atoms with Crippen LogP contribution in [0.25, 0.3) is 0 Å². The van der Waals surface area contributed by atoms with E-state index in [1.807, 2.05) is 0 Å². The van der Waals surface area contributed by atoms with Gasteiger partial charge < -0.3 is 10.2 Å². The van der Waals surface area contributed by atoms with Crippen LogP contribution in [0.4, 0.5) is 0 Å². The van der Waals surface area contributed by atoms with Crippen LogP contribution in [0.1, 0.15) is 0 Å². The molecular weight excluding hydrogens is 246 g/mol. The van der Waals surface area contributed by atoms with E-state index in [1.165, 1.54) is 0 Å². The summed E-state index contributed by atoms with van der Waals surface area (Å²) < 4.78 is 0. The van der Waals surface area contributed by atoms with Gasteiger partial charge in [-0.15, -0.1) is 0 Å². The van der Waals surface area contributed by atoms with Crippen molar-refractivity contribution < 1.29 is 132 Å². The van der Waals surface area contributed by atoms with Crippen LogP contribution in [0.5, 0.6) is 0 Å². The number of hydrogen-bond donors (Lipinski definition) is 0. The molecule has 0 N–H and O–H groups in total. The third kappa shape index (κ3) is 3.43. The maximum absolute atomic E-state index is 10.5. The monoisotopic (exact) mass is 248 g/mol. The van der Waals surface area contributed by atoms with Gasteiger partial charge in [0, 0.05) is 0 Å². The molecule has 1 fully saturated rings. The smallest absolute Gasteiger partial charge is 0.847 e. The Bertz CT molecular complexity index is 269. The molecule has 0 radical (unpaired) electrons. The molecule has 1 saturated carbocycles. The van der Waals surface area contributed by atoms with Crippen LogP contribution in [0.3, 0.4) is 0 Å². The van der Waals surface area contributed by atoms with Gasteiger partial charge >= 0.3 is 103 Å². The van der Waals surface area contributed by atoms with Crippen molar-refractivity contribution in [2.45, 2.75) is 12.2 Å². The molecule has 0 heterocycles. The van der Waals surface area contributed by atoms with Gasteiger partial charge in [-0.05, 0) is 0 Å². The van der Waals surface area contributed by atoms with Crippen LogP contribution in [0, 0.1) is 0 Å². The fraction of sp³-hybridized carbons (Fsp3) is 0.333. The van der Waals surface area contributed by atoms with Crippen molar-refractivity contribution in [3.8, 4) is 0 Å². The van der Waals surface area contributed by atoms with Crippen LogP contribution in [0.2, 0.25) is 0 Å². The molecule has 14 heavy (non-hydrogen) atoms. The Morgan fingerprint density at radius 3 is 1.14 bits per heavy atom. The summed E-state index contributed by atoms with van der Waals surface area (Å²) in [7, 11) is 0. The number of rotatable bonds is 0. The quantitative estimate of drug-likeness (QED) is 0.310. The van der Waals surface area contributed by atoms with E-state index in [-0.39, 0.29) is 103 Å². The van der Waals surface area contributed by atoms with Crippen molar-refractivity contribution in [1.29, 1.82) is 0 Å². The second-order valence-electron chi connectivity index (χ2n) is 2.23. The molecule has 0 amide bonds. The zero-order valence-electron chi connectivity index (χ0n) is 7.60. The molecule has 0 aromatic carbocycles. The molecule has 0 aromatic rings. The van der Waals surface area contributed by atoms with E-state index in [2.05, 4.69) is 0 Å². The van der Waals surface area contributed by atoms with Crippen LogP contribution >= 0.6 is 0 Å². The second kappa shape index (κ2) is 7.25. The van der Waals surface area contributed by atoms with Crippen LogP contribution < -0.4 is 113 Å². The number of ketones is 4. The summed E-state index contributed by atoms with van der Waals surface area (Å²) in [5.41, 5.74) is 0. The van der Waals surface area contributed by atoms with Gasteiger partial charge in [-0.3, -0.25) is 19.2 Å². The summed E-state index contributed by atoms with van der Waals surface area (Å²) >= 11 is 0. The molecule has 0 spiro atoms. The van der Waals surface area contributed by atoms with E-state index in [0.717, 1.165) is 0 Å². The summed E-state index contributed by atoms with van der Waals surface area (Å²) in [5, 5.41) is 21.0. The zero-order valence-corrected chi connectivity index (χ0v) is 13.9. The Morgan fingerprint density at radius 1 is 0.714 bits per heavy atom. The minimum Gasteiger partial charge on any atom is -0.847 e. The molecule has 0 saturated heterocycles. The number of hydrogen-bond acceptors (Lipinski definition) is 6. The van der Waals surface area contributed by atoms with E-state index in [4.69, 9.17) is 0 Å². The first-order chi connectivity index (χ1) is 5.46. The van der Waals surface area contributed by atoms with Gasteiger partial charge in [0.05, 0.1) is 0 Å². The van der Waals surface area contributed by atoms with Crippen LogP contribution in [-0.2, 0) is 19.2 Å². The molecule has 1 aliphatic carbocycles. The van der Waals surface area contributed by atoms with Crippen molar-refractivity contribution in [2.24, 2.45) is 0 Å². The van der Waals surface area contributed by atoms with Gasteiger partial charge in [-0.2, -0.15) is 0 Å². The number of carbonyl (C=O) groups is 4. The average Bonchev–Trinajstić information content (AvgIpc) is 2.08. The van der Waals surface area contributed by atoms with Gasteiger partial charge in [-0.25, -0.2) is 0 Å². The maximum atomic E-state index is 10.5. The minimum atomic E-state index is -2.46. The van der Waals surface area contributed by atoms with E-state index in [0.29, 0.717) is 0 Å². The van der Waals surface area contributed by atoms with Crippen molar-refractivity contribution in [1.82, 2.24) is 0 Å². The fourth-order valence-corrected chi connectivity index (χ4v) is 0.757. The maximum Gasteiger partial charge on any atom is 1.00 e. The van der Waals surface area contributed by atoms with Crippen molar-refractivity contribution in [2.75, 3.05) is 0 Å². The number of carbonyl (C=O) groups excluding carboxylic acids is 4. The van der Waals surface area contributed by atoms with Crippen molar-refractivity contribution in [3.63, 3.8) is 0 Å². The Hall–Kier alpha value is 1.87. The van der Waals surface area contributed by atoms with Crippen molar-refractivity contribution >= 4 is 23.1 Å². The zero-order chi connectivity index (χ0) is 9.46. The first kappa shape index (κ1) is 18.2. The first-order valence-corrected chi connectivity index (χ1v) is 2.95. The van der Waals surface area contributed by atoms with Crippen molar-refractivity contribution in [3.05, 3.63) is 0 Å². The summed E-state index contributed by atoms with van der Waals surface area (Å²) in [5.74, 6) is -6.57. The van der Waals surface area contributed by atoms with Gasteiger partial charge in [0.2, 0.25) is 0 Å². The molecule has 2 unspecified atom stereocenters. The molecule has 1 rings (SSSR count). The molecule has 0 aromatic heterocycles. The predicted octanol–water partition coefficient (Wildman–Crippen LogP) is -10.3. The second-order valence-corrected chi connectivity index (χ2v) is 2.23. The minimum absolute atomic E-state index is 0. The molecule has 8 heteroatoms. The average molecular weight is 248 g/mol. The molecular formula is C6H2K2O6. The molecule has 0 aliphatic heterocycles. The van der Waals surface area contributed by atoms with Gasteiger partial charge in [-0.1, -0.05) is 12.2 Å². The van der Waals surface area contributed by atoms with E-state index in [1.54, 1.807) is 0 Å². The molecule has 64 valence electrons. The predicted molar refractivity (Wildman–Crippen MR) is 27.6 cm³/mol. The summed E-state index contributed by atoms with van der Waals surface area (Å²) in [6.07, 6.45) is -4.91. The van der Waals surface area contributed by atoms with E-state index >= 15 is 0 Å². The molecule has 6 nitrogen and oxygen atoms in total. The summed E-state index contributed by atoms with van der Waals surface area (Å²) in [4.78, 5) is 41.8. The molecule has 0 bridgehead atoms. The summed E-state index contributed by atoms with van der Waals surface area (Å²) in [6, 6.07) is 0. The van der Waals surface area contributed by atoms with Crippen LogP contribution in [0.15, 0.2) is 0 Å². The van der Waals surface area contributed by atoms with E-state index in [9.17, 15) is 29.4 Å². The number of Topliss-reactive ketones (excluding diaryl/α,β-unsaturated/α-hetero) is 4. The van der Waals surface area contributed by atoms with Gasteiger partial charge in [0.15, 0.2) is 11.6 Å². The van der Waals surface area contributed by atoms with Gasteiger partial charge in [0.25, 0.3) is 11.6 Å². The Morgan fingerprint density at radius 2 is 0.929 bits per heavy atom. The normalized spacial score (nSPS) is 26.7. The Kier molecular flexibility index (Phi) is 9.44. The van der Waals surface area contributed by atoms with Gasteiger partial charge in [0.1, 0.15) is 0 Å². The first-order valence-electron chi connectivity index (χ1n) is 2.95. The fourth-order valence-electron chi connectivity index (χ4n) is 0.757. The molecule has 1 aliphatic rings. The largest absolute Gasteiger partial charge is 1.00 e. The summed E-state index contributed by atoms with van der Waals surface area (Å²) in [6.45, 7) is 0.